The van der Waals surface area contributed by atoms with Gasteiger partial charge in [0.05, 0.1) is 5.75 Å². The number of hydrogen-bond acceptors (Lipinski definition) is 5. The first-order valence-corrected chi connectivity index (χ1v) is 5.80. The highest BCUT2D eigenvalue weighted by atomic mass is 32.2. The molecule has 0 spiro atoms. The van der Waals surface area contributed by atoms with Gasteiger partial charge in [-0.15, -0.1) is 5.10 Å². The molecule has 0 amide bonds. The first-order valence-electron chi connectivity index (χ1n) is 4.82. The predicted octanol–water partition coefficient (Wildman–Crippen LogP) is 0.392. The molecule has 0 bridgehead atoms. The lowest BCUT2D eigenvalue weighted by molar-refractivity contribution is -0.133. The Labute approximate surface area is 101 Å². The quantitative estimate of drug-likeness (QED) is 0.793. The maximum atomic E-state index is 10.5. The Bertz CT molecular complexity index is 547. The summed E-state index contributed by atoms with van der Waals surface area (Å²) >= 11 is 1.13. The summed E-state index contributed by atoms with van der Waals surface area (Å²) in [6.07, 6.45) is 1.80. The molecule has 2 aromatic heterocycles. The van der Waals surface area contributed by atoms with Crippen LogP contribution in [0.1, 0.15) is 0 Å². The van der Waals surface area contributed by atoms with E-state index in [9.17, 15) is 4.79 Å². The van der Waals surface area contributed by atoms with E-state index in [1.807, 2.05) is 7.05 Å². The summed E-state index contributed by atoms with van der Waals surface area (Å²) in [7, 11) is 3.54. The minimum absolute atomic E-state index is 0.0335. The van der Waals surface area contributed by atoms with Crippen LogP contribution in [-0.2, 0) is 18.9 Å². The number of carboxylic acid groups (broad SMARTS) is 1. The van der Waals surface area contributed by atoms with E-state index in [-0.39, 0.29) is 5.75 Å². The van der Waals surface area contributed by atoms with Crippen LogP contribution in [0.2, 0.25) is 0 Å². The minimum atomic E-state index is -0.877. The molecule has 0 aromatic carbocycles. The Morgan fingerprint density at radius 3 is 2.82 bits per heavy atom. The number of carboxylic acids is 1. The number of carbonyl (C=O) groups is 1. The summed E-state index contributed by atoms with van der Waals surface area (Å²) in [6.45, 7) is 0. The van der Waals surface area contributed by atoms with Gasteiger partial charge >= 0.3 is 5.97 Å². The van der Waals surface area contributed by atoms with E-state index in [1.165, 1.54) is 0 Å². The average Bonchev–Trinajstić information content (AvgIpc) is 2.82. The monoisotopic (exact) mass is 253 g/mol. The fraction of sp³-hybridized carbons (Fsp3) is 0.333. The Morgan fingerprint density at radius 2 is 2.24 bits per heavy atom. The van der Waals surface area contributed by atoms with Crippen molar-refractivity contribution in [2.24, 2.45) is 14.1 Å². The van der Waals surface area contributed by atoms with Gasteiger partial charge in [-0.3, -0.25) is 9.48 Å². The lowest BCUT2D eigenvalue weighted by Gasteiger charge is -1.94. The maximum Gasteiger partial charge on any atom is 0.313 e. The zero-order chi connectivity index (χ0) is 12.4. The van der Waals surface area contributed by atoms with E-state index in [4.69, 9.17) is 5.11 Å². The molecule has 2 rings (SSSR count). The van der Waals surface area contributed by atoms with E-state index in [1.54, 1.807) is 28.7 Å². The Kier molecular flexibility index (Phi) is 3.14. The van der Waals surface area contributed by atoms with Crippen LogP contribution in [0.25, 0.3) is 11.5 Å². The second-order valence-electron chi connectivity index (χ2n) is 3.40. The van der Waals surface area contributed by atoms with Crippen molar-refractivity contribution in [1.82, 2.24) is 24.5 Å². The molecule has 0 saturated heterocycles. The molecule has 7 nitrogen and oxygen atoms in total. The number of hydrogen-bond donors (Lipinski definition) is 1. The molecule has 17 heavy (non-hydrogen) atoms. The number of thioether (sulfide) groups is 1. The van der Waals surface area contributed by atoms with Gasteiger partial charge in [-0.05, 0) is 6.07 Å². The number of rotatable bonds is 4. The summed E-state index contributed by atoms with van der Waals surface area (Å²) in [5.74, 6) is -0.410. The van der Waals surface area contributed by atoms with Gasteiger partial charge < -0.3 is 5.11 Å². The third kappa shape index (κ3) is 2.64. The summed E-state index contributed by atoms with van der Waals surface area (Å²) in [5.41, 5.74) is 0.672. The zero-order valence-electron chi connectivity index (χ0n) is 9.36. The number of nitrogens with zero attached hydrogens (tertiary/aromatic N) is 5. The van der Waals surface area contributed by atoms with Crippen LogP contribution in [-0.4, -0.2) is 41.4 Å². The van der Waals surface area contributed by atoms with Crippen LogP contribution in [0.15, 0.2) is 17.4 Å². The summed E-state index contributed by atoms with van der Waals surface area (Å²) in [6, 6.07) is 1.81. The van der Waals surface area contributed by atoms with Crippen molar-refractivity contribution >= 4 is 17.7 Å². The Balaban J connectivity index is 2.21. The lowest BCUT2D eigenvalue weighted by Crippen LogP contribution is -2.00. The average molecular weight is 253 g/mol. The van der Waals surface area contributed by atoms with Gasteiger partial charge in [0, 0.05) is 20.3 Å². The van der Waals surface area contributed by atoms with Gasteiger partial charge in [0.25, 0.3) is 0 Å². The molecule has 0 fully saturated rings. The maximum absolute atomic E-state index is 10.5. The molecule has 0 aliphatic heterocycles. The standard InChI is InChI=1S/C9H11N5O2S/c1-13-4-3-6(11-13)8-10-9(14(2)12-8)17-5-7(15)16/h3-4H,5H2,1-2H3,(H,15,16). The van der Waals surface area contributed by atoms with Crippen LogP contribution in [0, 0.1) is 0 Å². The van der Waals surface area contributed by atoms with Crippen LogP contribution in [0.5, 0.6) is 0 Å². The predicted molar refractivity (Wildman–Crippen MR) is 61.6 cm³/mol. The normalized spacial score (nSPS) is 10.7. The second-order valence-corrected chi connectivity index (χ2v) is 4.34. The molecule has 1 N–H and O–H groups in total. The smallest absolute Gasteiger partial charge is 0.313 e. The third-order valence-corrected chi connectivity index (χ3v) is 3.00. The highest BCUT2D eigenvalue weighted by molar-refractivity contribution is 7.99. The molecule has 8 heteroatoms. The van der Waals surface area contributed by atoms with Crippen LogP contribution < -0.4 is 0 Å². The summed E-state index contributed by atoms with van der Waals surface area (Å²) < 4.78 is 3.22. The number of aromatic nitrogens is 5. The Morgan fingerprint density at radius 1 is 1.47 bits per heavy atom. The molecular formula is C9H11N5O2S. The molecule has 0 atom stereocenters. The van der Waals surface area contributed by atoms with Crippen LogP contribution in [0.4, 0.5) is 0 Å². The number of aryl methyl sites for hydroxylation is 2. The van der Waals surface area contributed by atoms with E-state index in [0.717, 1.165) is 11.8 Å². The van der Waals surface area contributed by atoms with E-state index in [2.05, 4.69) is 15.2 Å². The molecule has 90 valence electrons. The lowest BCUT2D eigenvalue weighted by atomic mass is 10.4. The number of aliphatic carboxylic acids is 1. The van der Waals surface area contributed by atoms with Gasteiger partial charge in [0.1, 0.15) is 5.69 Å². The van der Waals surface area contributed by atoms with Gasteiger partial charge in [0.15, 0.2) is 5.16 Å². The van der Waals surface area contributed by atoms with Crippen LogP contribution >= 0.6 is 11.8 Å². The highest BCUT2D eigenvalue weighted by Crippen LogP contribution is 2.19. The van der Waals surface area contributed by atoms with E-state index < -0.39 is 5.97 Å². The SMILES string of the molecule is Cn1ccc(-c2nc(SCC(=O)O)n(C)n2)n1. The highest BCUT2D eigenvalue weighted by Gasteiger charge is 2.12. The molecule has 0 saturated carbocycles. The van der Waals surface area contributed by atoms with Gasteiger partial charge in [-0.2, -0.15) is 10.1 Å². The first-order chi connectivity index (χ1) is 8.06. The molecule has 2 heterocycles. The molecular weight excluding hydrogens is 242 g/mol. The minimum Gasteiger partial charge on any atom is -0.481 e. The Hall–Kier alpha value is -1.83. The summed E-state index contributed by atoms with van der Waals surface area (Å²) in [4.78, 5) is 14.7. The van der Waals surface area contributed by atoms with Gasteiger partial charge in [-0.25, -0.2) is 4.68 Å². The van der Waals surface area contributed by atoms with Crippen LogP contribution in [0.3, 0.4) is 0 Å². The fourth-order valence-electron chi connectivity index (χ4n) is 1.26. The largest absolute Gasteiger partial charge is 0.481 e. The first kappa shape index (κ1) is 11.6. The molecule has 0 aliphatic carbocycles. The van der Waals surface area contributed by atoms with Crippen molar-refractivity contribution in [1.29, 1.82) is 0 Å². The van der Waals surface area contributed by atoms with Crippen molar-refractivity contribution in [2.45, 2.75) is 5.16 Å². The molecule has 0 aliphatic rings. The van der Waals surface area contributed by atoms with Crippen molar-refractivity contribution in [2.75, 3.05) is 5.75 Å². The molecule has 0 radical (unpaired) electrons. The summed E-state index contributed by atoms with van der Waals surface area (Å²) in [5, 5.41) is 17.5. The second kappa shape index (κ2) is 4.58. The van der Waals surface area contributed by atoms with E-state index in [0.29, 0.717) is 16.7 Å². The van der Waals surface area contributed by atoms with Gasteiger partial charge in [-0.1, -0.05) is 11.8 Å². The van der Waals surface area contributed by atoms with Crippen molar-refractivity contribution < 1.29 is 9.90 Å². The molecule has 0 unspecified atom stereocenters. The zero-order valence-corrected chi connectivity index (χ0v) is 10.2. The van der Waals surface area contributed by atoms with E-state index >= 15 is 0 Å². The van der Waals surface area contributed by atoms with Crippen molar-refractivity contribution in [3.05, 3.63) is 12.3 Å². The molecule has 2 aromatic rings. The fourth-order valence-corrected chi connectivity index (χ4v) is 1.90. The third-order valence-electron chi connectivity index (χ3n) is 1.99. The van der Waals surface area contributed by atoms with Crippen molar-refractivity contribution in [3.63, 3.8) is 0 Å². The van der Waals surface area contributed by atoms with Crippen molar-refractivity contribution in [3.8, 4) is 11.5 Å². The van der Waals surface area contributed by atoms with Gasteiger partial charge in [0.2, 0.25) is 5.82 Å². The topological polar surface area (TPSA) is 85.8 Å².